The third-order valence-corrected chi connectivity index (χ3v) is 7.06. The molecule has 0 spiro atoms. The summed E-state index contributed by atoms with van der Waals surface area (Å²) in [7, 11) is 0. The number of nitrogens with zero attached hydrogens (tertiary/aromatic N) is 2. The summed E-state index contributed by atoms with van der Waals surface area (Å²) >= 11 is 12.0. The summed E-state index contributed by atoms with van der Waals surface area (Å²) in [5.74, 6) is -0.916. The fraction of sp³-hybridized carbons (Fsp3) is 0.333. The van der Waals surface area contributed by atoms with Crippen molar-refractivity contribution in [3.8, 4) is 0 Å². The first-order valence-electron chi connectivity index (χ1n) is 12.3. The van der Waals surface area contributed by atoms with Gasteiger partial charge in [-0.25, -0.2) is 4.79 Å². The van der Waals surface area contributed by atoms with Gasteiger partial charge in [0, 0.05) is 40.0 Å². The molecule has 0 aliphatic heterocycles. The summed E-state index contributed by atoms with van der Waals surface area (Å²) in [5.41, 5.74) is 13.2. The van der Waals surface area contributed by atoms with Gasteiger partial charge in [0.2, 0.25) is 5.91 Å². The Morgan fingerprint density at radius 2 is 1.80 bits per heavy atom. The number of primary amides is 1. The number of alkyl halides is 3. The van der Waals surface area contributed by atoms with Gasteiger partial charge < -0.3 is 16.8 Å². The Labute approximate surface area is 239 Å². The second kappa shape index (κ2) is 12.7. The lowest BCUT2D eigenvalue weighted by atomic mass is 9.72. The predicted octanol–water partition coefficient (Wildman–Crippen LogP) is 5.94. The minimum atomic E-state index is -4.54. The number of carbonyl (C=O) groups excluding carboxylic acids is 2. The first-order chi connectivity index (χ1) is 18.7. The molecule has 2 aromatic carbocycles. The summed E-state index contributed by atoms with van der Waals surface area (Å²) in [6.07, 6.45) is -4.94. The van der Waals surface area contributed by atoms with Crippen LogP contribution in [0.25, 0.3) is 0 Å². The van der Waals surface area contributed by atoms with Gasteiger partial charge in [-0.2, -0.15) is 13.2 Å². The van der Waals surface area contributed by atoms with Gasteiger partial charge in [-0.1, -0.05) is 36.2 Å². The van der Waals surface area contributed by atoms with Crippen molar-refractivity contribution >= 4 is 52.4 Å². The minimum Gasteiger partial charge on any atom is -0.400 e. The van der Waals surface area contributed by atoms with E-state index in [2.05, 4.69) is 10.3 Å². The molecule has 1 aliphatic carbocycles. The number of amidine groups is 1. The highest BCUT2D eigenvalue weighted by Gasteiger charge is 2.38. The Bertz CT molecular complexity index is 1340. The highest BCUT2D eigenvalue weighted by Crippen LogP contribution is 2.38. The van der Waals surface area contributed by atoms with Crippen molar-refractivity contribution in [2.45, 2.75) is 38.8 Å². The molecule has 40 heavy (non-hydrogen) atoms. The lowest BCUT2D eigenvalue weighted by molar-refractivity contribution is -0.135. The number of benzene rings is 2. The van der Waals surface area contributed by atoms with E-state index >= 15 is 0 Å². The molecular formula is C27H29Cl2F3N6O2. The minimum absolute atomic E-state index is 0.192. The summed E-state index contributed by atoms with van der Waals surface area (Å²) in [6.45, 7) is 0.733. The Balaban J connectivity index is 1.86. The highest BCUT2D eigenvalue weighted by molar-refractivity contribution is 6.31. The van der Waals surface area contributed by atoms with Crippen molar-refractivity contribution in [2.75, 3.05) is 13.1 Å². The van der Waals surface area contributed by atoms with Crippen LogP contribution in [0.2, 0.25) is 10.0 Å². The van der Waals surface area contributed by atoms with E-state index in [0.717, 1.165) is 0 Å². The fourth-order valence-electron chi connectivity index (χ4n) is 4.16. The van der Waals surface area contributed by atoms with E-state index in [4.69, 9.17) is 40.1 Å². The number of hydrogen-bond donors (Lipinski definition) is 4. The maximum absolute atomic E-state index is 13.0. The Kier molecular flexibility index (Phi) is 9.86. The molecule has 1 atom stereocenters. The van der Waals surface area contributed by atoms with E-state index < -0.39 is 42.3 Å². The van der Waals surface area contributed by atoms with Crippen molar-refractivity contribution < 1.29 is 22.8 Å². The van der Waals surface area contributed by atoms with Gasteiger partial charge in [-0.3, -0.25) is 20.1 Å². The first kappa shape index (κ1) is 31.0. The van der Waals surface area contributed by atoms with Crippen LogP contribution in [0.5, 0.6) is 0 Å². The van der Waals surface area contributed by atoms with Gasteiger partial charge in [-0.15, -0.1) is 0 Å². The molecule has 8 nitrogen and oxygen atoms in total. The van der Waals surface area contributed by atoms with Crippen LogP contribution in [0, 0.1) is 10.8 Å². The van der Waals surface area contributed by atoms with Crippen LogP contribution in [0.4, 0.5) is 23.7 Å². The van der Waals surface area contributed by atoms with Crippen LogP contribution in [0.3, 0.4) is 0 Å². The summed E-state index contributed by atoms with van der Waals surface area (Å²) in [6, 6.07) is 11.7. The van der Waals surface area contributed by atoms with Crippen LogP contribution in [-0.4, -0.2) is 47.7 Å². The fourth-order valence-corrected chi connectivity index (χ4v) is 4.48. The zero-order valence-electron chi connectivity index (χ0n) is 21.6. The summed E-state index contributed by atoms with van der Waals surface area (Å²) in [4.78, 5) is 30.5. The van der Waals surface area contributed by atoms with Gasteiger partial charge in [0.25, 0.3) is 0 Å². The molecule has 0 saturated heterocycles. The molecule has 0 aromatic heterocycles. The molecule has 3 rings (SSSR count). The first-order valence-corrected chi connectivity index (χ1v) is 13.0. The smallest absolute Gasteiger partial charge is 0.390 e. The summed E-state index contributed by atoms with van der Waals surface area (Å²) in [5, 5.41) is 11.7. The normalized spacial score (nSPS) is 19.7. The molecule has 1 fully saturated rings. The standard InChI is InChI=1S/C27H29Cl2F3N6O2/c1-26(24(35)39)10-9-20(22(14-26)37-19-4-2-3-18(29)13-19)21(33)15-36-25(40)38(12-11-27(30,31)32)23(34)16-5-7-17(28)8-6-16/h2-8,13,34H,9-12,14-15,33H2,1H3,(H2,35,39)(H,36,40)/b21-20-,34-23?,37-22?. The molecule has 2 aromatic rings. The van der Waals surface area contributed by atoms with Gasteiger partial charge in [-0.05, 0) is 60.9 Å². The van der Waals surface area contributed by atoms with Crippen molar-refractivity contribution in [1.82, 2.24) is 10.2 Å². The van der Waals surface area contributed by atoms with Crippen molar-refractivity contribution in [2.24, 2.45) is 21.9 Å². The average Bonchev–Trinajstić information content (AvgIpc) is 2.87. The molecule has 6 N–H and O–H groups in total. The number of nitrogens with two attached hydrogens (primary N) is 2. The van der Waals surface area contributed by atoms with Crippen LogP contribution in [-0.2, 0) is 4.79 Å². The van der Waals surface area contributed by atoms with Crippen molar-refractivity contribution in [3.63, 3.8) is 0 Å². The van der Waals surface area contributed by atoms with Crippen molar-refractivity contribution in [1.29, 1.82) is 5.41 Å². The molecule has 1 aliphatic rings. The third kappa shape index (κ3) is 8.22. The zero-order chi connectivity index (χ0) is 29.7. The Morgan fingerprint density at radius 1 is 1.12 bits per heavy atom. The number of hydrogen-bond acceptors (Lipinski definition) is 5. The monoisotopic (exact) mass is 596 g/mol. The molecule has 214 valence electrons. The number of urea groups is 1. The Hall–Kier alpha value is -3.57. The number of aliphatic imine (C=N–C) groups is 1. The summed E-state index contributed by atoms with van der Waals surface area (Å²) < 4.78 is 39.0. The molecule has 1 saturated carbocycles. The average molecular weight is 597 g/mol. The number of halogens is 5. The second-order valence-electron chi connectivity index (χ2n) is 9.67. The number of carbonyl (C=O) groups is 2. The van der Waals surface area contributed by atoms with Gasteiger partial charge in [0.15, 0.2) is 0 Å². The maximum atomic E-state index is 13.0. The highest BCUT2D eigenvalue weighted by atomic mass is 35.5. The van der Waals surface area contributed by atoms with Gasteiger partial charge in [0.1, 0.15) is 5.84 Å². The van der Waals surface area contributed by atoms with Crippen LogP contribution in [0.1, 0.15) is 38.2 Å². The van der Waals surface area contributed by atoms with E-state index in [1.807, 2.05) is 0 Å². The van der Waals surface area contributed by atoms with Gasteiger partial charge >= 0.3 is 12.2 Å². The number of rotatable bonds is 7. The Morgan fingerprint density at radius 3 is 2.40 bits per heavy atom. The van der Waals surface area contributed by atoms with Crippen LogP contribution >= 0.6 is 23.2 Å². The van der Waals surface area contributed by atoms with E-state index in [1.54, 1.807) is 31.2 Å². The number of nitrogens with one attached hydrogen (secondary N) is 2. The van der Waals surface area contributed by atoms with E-state index in [9.17, 15) is 22.8 Å². The molecule has 0 heterocycles. The van der Waals surface area contributed by atoms with E-state index in [0.29, 0.717) is 44.8 Å². The molecule has 1 unspecified atom stereocenters. The number of allylic oxidation sites excluding steroid dienone is 1. The van der Waals surface area contributed by atoms with Crippen LogP contribution < -0.4 is 16.8 Å². The third-order valence-electron chi connectivity index (χ3n) is 6.57. The topological polar surface area (TPSA) is 138 Å². The quantitative estimate of drug-likeness (QED) is 0.232. The maximum Gasteiger partial charge on any atom is 0.390 e. The van der Waals surface area contributed by atoms with Crippen molar-refractivity contribution in [3.05, 3.63) is 75.4 Å². The molecule has 3 amide bonds. The number of amides is 3. The van der Waals surface area contributed by atoms with Crippen LogP contribution in [0.15, 0.2) is 64.8 Å². The molecule has 0 bridgehead atoms. The SMILES string of the molecule is CC1(C(N)=O)CC/C(=C(/N)CNC(=O)N(CCC(F)(F)F)C(=N)c2ccc(Cl)cc2)C(=Nc2cccc(Cl)c2)C1. The zero-order valence-corrected chi connectivity index (χ0v) is 23.1. The molecule has 0 radical (unpaired) electrons. The lowest BCUT2D eigenvalue weighted by Gasteiger charge is -2.33. The van der Waals surface area contributed by atoms with E-state index in [-0.39, 0.29) is 24.2 Å². The molecule has 13 heteroatoms. The van der Waals surface area contributed by atoms with Gasteiger partial charge in [0.05, 0.1) is 24.1 Å². The van der Waals surface area contributed by atoms with E-state index in [1.165, 1.54) is 24.3 Å². The lowest BCUT2D eigenvalue weighted by Crippen LogP contribution is -2.46. The second-order valence-corrected chi connectivity index (χ2v) is 10.5. The molecular weight excluding hydrogens is 568 g/mol. The predicted molar refractivity (Wildman–Crippen MR) is 150 cm³/mol. The largest absolute Gasteiger partial charge is 0.400 e.